The maximum absolute atomic E-state index is 12.6. The summed E-state index contributed by atoms with van der Waals surface area (Å²) in [7, 11) is 0. The van der Waals surface area contributed by atoms with Gasteiger partial charge in [-0.2, -0.15) is 0 Å². The summed E-state index contributed by atoms with van der Waals surface area (Å²) in [6.07, 6.45) is 3.68. The molecule has 23 heavy (non-hydrogen) atoms. The highest BCUT2D eigenvalue weighted by Gasteiger charge is 2.37. The molecule has 0 aliphatic carbocycles. The van der Waals surface area contributed by atoms with Gasteiger partial charge in [-0.05, 0) is 50.5 Å². The molecule has 0 aromatic heterocycles. The first-order valence-corrected chi connectivity index (χ1v) is 8.51. The first kappa shape index (κ1) is 15.8. The summed E-state index contributed by atoms with van der Waals surface area (Å²) in [6.45, 7) is 4.73. The lowest BCUT2D eigenvalue weighted by molar-refractivity contribution is -0.136. The number of piperidine rings is 1. The topological polar surface area (TPSA) is 49.9 Å². The van der Waals surface area contributed by atoms with E-state index in [1.165, 1.54) is 6.42 Å². The zero-order valence-electron chi connectivity index (χ0n) is 13.7. The molecule has 0 spiro atoms. The number of rotatable bonds is 4. The number of ether oxygens (including phenoxy) is 1. The molecule has 2 fully saturated rings. The van der Waals surface area contributed by atoms with Gasteiger partial charge in [0.1, 0.15) is 5.75 Å². The van der Waals surface area contributed by atoms with E-state index in [1.807, 2.05) is 36.1 Å². The number of benzene rings is 1. The molecule has 2 aliphatic rings. The Balaban J connectivity index is 1.65. The van der Waals surface area contributed by atoms with Gasteiger partial charge in [0.2, 0.25) is 11.8 Å². The van der Waals surface area contributed by atoms with E-state index in [0.717, 1.165) is 37.4 Å². The van der Waals surface area contributed by atoms with Gasteiger partial charge in [-0.1, -0.05) is 0 Å². The third-order valence-corrected chi connectivity index (χ3v) is 4.60. The Hall–Kier alpha value is -2.04. The van der Waals surface area contributed by atoms with Crippen LogP contribution in [0.25, 0.3) is 0 Å². The van der Waals surface area contributed by atoms with Gasteiger partial charge in [0.25, 0.3) is 0 Å². The minimum atomic E-state index is -0.202. The van der Waals surface area contributed by atoms with Crippen LogP contribution in [0.2, 0.25) is 0 Å². The molecule has 0 saturated carbocycles. The largest absolute Gasteiger partial charge is 0.494 e. The van der Waals surface area contributed by atoms with Crippen LogP contribution in [0.3, 0.4) is 0 Å². The van der Waals surface area contributed by atoms with Gasteiger partial charge in [-0.3, -0.25) is 9.59 Å². The summed E-state index contributed by atoms with van der Waals surface area (Å²) < 4.78 is 5.42. The molecular formula is C18H24N2O3. The molecule has 1 aromatic carbocycles. The van der Waals surface area contributed by atoms with Gasteiger partial charge in [0.05, 0.1) is 12.5 Å². The zero-order valence-corrected chi connectivity index (χ0v) is 13.7. The van der Waals surface area contributed by atoms with Crippen LogP contribution in [0.4, 0.5) is 5.69 Å². The first-order valence-electron chi connectivity index (χ1n) is 8.51. The van der Waals surface area contributed by atoms with E-state index in [9.17, 15) is 9.59 Å². The van der Waals surface area contributed by atoms with Crippen LogP contribution < -0.4 is 9.64 Å². The SMILES string of the molecule is CCOc1ccc(N2C[C@H](C(=O)N3CCCCC3)CC2=O)cc1. The quantitative estimate of drug-likeness (QED) is 0.857. The summed E-state index contributed by atoms with van der Waals surface area (Å²) in [6, 6.07) is 7.51. The summed E-state index contributed by atoms with van der Waals surface area (Å²) in [5, 5.41) is 0. The van der Waals surface area contributed by atoms with Gasteiger partial charge in [-0.25, -0.2) is 0 Å². The number of hydrogen-bond acceptors (Lipinski definition) is 3. The lowest BCUT2D eigenvalue weighted by Crippen LogP contribution is -2.40. The van der Waals surface area contributed by atoms with Gasteiger partial charge in [0.15, 0.2) is 0 Å². The standard InChI is InChI=1S/C18H24N2O3/c1-2-23-16-8-6-15(7-9-16)20-13-14(12-17(20)21)18(22)19-10-4-3-5-11-19/h6-9,14H,2-5,10-13H2,1H3/t14-/m1/s1. The number of amides is 2. The minimum absolute atomic E-state index is 0.0320. The lowest BCUT2D eigenvalue weighted by atomic mass is 10.0. The van der Waals surface area contributed by atoms with E-state index in [2.05, 4.69) is 0 Å². The minimum Gasteiger partial charge on any atom is -0.494 e. The first-order chi connectivity index (χ1) is 11.2. The van der Waals surface area contributed by atoms with Crippen molar-refractivity contribution in [1.82, 2.24) is 4.90 Å². The van der Waals surface area contributed by atoms with Crippen molar-refractivity contribution in [2.24, 2.45) is 5.92 Å². The van der Waals surface area contributed by atoms with Gasteiger partial charge < -0.3 is 14.5 Å². The molecule has 0 bridgehead atoms. The van der Waals surface area contributed by atoms with E-state index >= 15 is 0 Å². The number of nitrogens with zero attached hydrogens (tertiary/aromatic N) is 2. The molecule has 1 aromatic rings. The second kappa shape index (κ2) is 7.02. The molecule has 5 nitrogen and oxygen atoms in total. The molecule has 0 unspecified atom stereocenters. The third-order valence-electron chi connectivity index (χ3n) is 4.60. The molecule has 2 heterocycles. The normalized spacial score (nSPS) is 21.6. The molecule has 0 radical (unpaired) electrons. The van der Waals surface area contributed by atoms with Crippen molar-refractivity contribution in [2.45, 2.75) is 32.6 Å². The molecule has 1 atom stereocenters. The van der Waals surface area contributed by atoms with Gasteiger partial charge in [0, 0.05) is 31.7 Å². The Kier molecular flexibility index (Phi) is 4.84. The fourth-order valence-corrected chi connectivity index (χ4v) is 3.38. The summed E-state index contributed by atoms with van der Waals surface area (Å²) in [5.41, 5.74) is 0.840. The zero-order chi connectivity index (χ0) is 16.2. The van der Waals surface area contributed by atoms with Crippen LogP contribution in [-0.4, -0.2) is 43.0 Å². The molecule has 0 N–H and O–H groups in total. The van der Waals surface area contributed by atoms with Crippen molar-refractivity contribution in [3.8, 4) is 5.75 Å². The number of carbonyl (C=O) groups excluding carboxylic acids is 2. The highest BCUT2D eigenvalue weighted by Crippen LogP contribution is 2.28. The highest BCUT2D eigenvalue weighted by atomic mass is 16.5. The Bertz CT molecular complexity index is 564. The number of likely N-dealkylation sites (tertiary alicyclic amines) is 1. The van der Waals surface area contributed by atoms with Crippen molar-refractivity contribution in [2.75, 3.05) is 31.1 Å². The van der Waals surface area contributed by atoms with Crippen LogP contribution in [0.1, 0.15) is 32.6 Å². The molecule has 124 valence electrons. The number of hydrogen-bond donors (Lipinski definition) is 0. The van der Waals surface area contributed by atoms with Crippen molar-refractivity contribution >= 4 is 17.5 Å². The molecule has 2 aliphatic heterocycles. The van der Waals surface area contributed by atoms with Crippen molar-refractivity contribution in [3.05, 3.63) is 24.3 Å². The molecule has 5 heteroatoms. The summed E-state index contributed by atoms with van der Waals surface area (Å²) in [4.78, 5) is 28.6. The van der Waals surface area contributed by atoms with Crippen LogP contribution in [0.5, 0.6) is 5.75 Å². The molecule has 2 saturated heterocycles. The average Bonchev–Trinajstić information content (AvgIpc) is 2.98. The van der Waals surface area contributed by atoms with Crippen LogP contribution in [0, 0.1) is 5.92 Å². The Labute approximate surface area is 137 Å². The van der Waals surface area contributed by atoms with Crippen molar-refractivity contribution in [3.63, 3.8) is 0 Å². The highest BCUT2D eigenvalue weighted by molar-refractivity contribution is 6.00. The van der Waals surface area contributed by atoms with E-state index in [-0.39, 0.29) is 17.7 Å². The van der Waals surface area contributed by atoms with Crippen molar-refractivity contribution in [1.29, 1.82) is 0 Å². The second-order valence-electron chi connectivity index (χ2n) is 6.22. The Morgan fingerprint density at radius 2 is 1.87 bits per heavy atom. The summed E-state index contributed by atoms with van der Waals surface area (Å²) >= 11 is 0. The molecular weight excluding hydrogens is 292 g/mol. The lowest BCUT2D eigenvalue weighted by Gasteiger charge is -2.29. The fourth-order valence-electron chi connectivity index (χ4n) is 3.38. The maximum atomic E-state index is 12.6. The number of carbonyl (C=O) groups is 2. The third kappa shape index (κ3) is 3.49. The Morgan fingerprint density at radius 1 is 1.17 bits per heavy atom. The number of anilines is 1. The van der Waals surface area contributed by atoms with Crippen LogP contribution in [-0.2, 0) is 9.59 Å². The van der Waals surface area contributed by atoms with Gasteiger partial charge >= 0.3 is 0 Å². The predicted molar refractivity (Wildman–Crippen MR) is 88.5 cm³/mol. The molecule has 3 rings (SSSR count). The Morgan fingerprint density at radius 3 is 2.52 bits per heavy atom. The van der Waals surface area contributed by atoms with Crippen molar-refractivity contribution < 1.29 is 14.3 Å². The second-order valence-corrected chi connectivity index (χ2v) is 6.22. The smallest absolute Gasteiger partial charge is 0.228 e. The molecule has 2 amide bonds. The monoisotopic (exact) mass is 316 g/mol. The van der Waals surface area contributed by atoms with E-state index < -0.39 is 0 Å². The van der Waals surface area contributed by atoms with E-state index in [0.29, 0.717) is 19.6 Å². The van der Waals surface area contributed by atoms with Crippen LogP contribution >= 0.6 is 0 Å². The summed E-state index contributed by atoms with van der Waals surface area (Å²) in [5.74, 6) is 0.770. The fraction of sp³-hybridized carbons (Fsp3) is 0.556. The average molecular weight is 316 g/mol. The van der Waals surface area contributed by atoms with E-state index in [1.54, 1.807) is 4.90 Å². The van der Waals surface area contributed by atoms with Crippen LogP contribution in [0.15, 0.2) is 24.3 Å². The van der Waals surface area contributed by atoms with E-state index in [4.69, 9.17) is 4.74 Å². The maximum Gasteiger partial charge on any atom is 0.228 e. The predicted octanol–water partition coefficient (Wildman–Crippen LogP) is 2.45. The van der Waals surface area contributed by atoms with Gasteiger partial charge in [-0.15, -0.1) is 0 Å².